The molecule has 0 saturated heterocycles. The van der Waals surface area contributed by atoms with Gasteiger partial charge in [-0.3, -0.25) is 9.48 Å². The number of nitrogens with zero attached hydrogens (tertiary/aromatic N) is 2. The summed E-state index contributed by atoms with van der Waals surface area (Å²) >= 11 is 0. The first kappa shape index (κ1) is 12.9. The first-order valence-corrected chi connectivity index (χ1v) is 7.09. The van der Waals surface area contributed by atoms with Gasteiger partial charge in [-0.1, -0.05) is 25.1 Å². The van der Waals surface area contributed by atoms with Crippen LogP contribution in [0.4, 0.5) is 0 Å². The van der Waals surface area contributed by atoms with E-state index < -0.39 is 0 Å². The van der Waals surface area contributed by atoms with E-state index in [0.717, 1.165) is 30.7 Å². The Bertz CT molecular complexity index is 618. The van der Waals surface area contributed by atoms with Gasteiger partial charge in [0.2, 0.25) is 0 Å². The van der Waals surface area contributed by atoms with E-state index in [9.17, 15) is 4.79 Å². The molecular formula is C16H18N2O2. The third kappa shape index (κ3) is 2.22. The Morgan fingerprint density at radius 3 is 3.10 bits per heavy atom. The number of Topliss-reactive ketones (excluding diaryl/α,β-unsaturated/α-hetero) is 1. The number of fused-ring (bicyclic) bond motifs is 1. The van der Waals surface area contributed by atoms with E-state index in [1.165, 1.54) is 0 Å². The van der Waals surface area contributed by atoms with Crippen molar-refractivity contribution in [3.05, 3.63) is 47.8 Å². The summed E-state index contributed by atoms with van der Waals surface area (Å²) in [5, 5.41) is 4.24. The minimum Gasteiger partial charge on any atom is -0.493 e. The molecule has 1 aromatic heterocycles. The van der Waals surface area contributed by atoms with Crippen LogP contribution in [0.3, 0.4) is 0 Å². The van der Waals surface area contributed by atoms with Gasteiger partial charge in [-0.25, -0.2) is 0 Å². The average molecular weight is 270 g/mol. The molecule has 104 valence electrons. The molecule has 1 atom stereocenters. The summed E-state index contributed by atoms with van der Waals surface area (Å²) in [6, 6.07) is 9.62. The van der Waals surface area contributed by atoms with E-state index >= 15 is 0 Å². The number of rotatable bonds is 4. The molecule has 20 heavy (non-hydrogen) atoms. The topological polar surface area (TPSA) is 44.1 Å². The highest BCUT2D eigenvalue weighted by Crippen LogP contribution is 2.35. The molecule has 0 fully saturated rings. The molecule has 1 unspecified atom stereocenters. The standard InChI is InChI=1S/C16H18N2O2/c1-2-10-18-14(7-9-17-18)16(19)13-8-11-20-15-6-4-3-5-12(13)15/h3-7,9,13H,2,8,10-11H2,1H3. The maximum Gasteiger partial charge on any atom is 0.188 e. The lowest BCUT2D eigenvalue weighted by Crippen LogP contribution is -2.23. The second-order valence-electron chi connectivity index (χ2n) is 5.03. The van der Waals surface area contributed by atoms with Gasteiger partial charge in [0.05, 0.1) is 12.5 Å². The SMILES string of the molecule is CCCn1nccc1C(=O)C1CCOc2ccccc21. The van der Waals surface area contributed by atoms with Crippen LogP contribution in [-0.2, 0) is 6.54 Å². The highest BCUT2D eigenvalue weighted by atomic mass is 16.5. The maximum atomic E-state index is 12.8. The molecule has 0 radical (unpaired) electrons. The van der Waals surface area contributed by atoms with Gasteiger partial charge in [0.15, 0.2) is 5.78 Å². The molecule has 4 nitrogen and oxygen atoms in total. The molecule has 0 aliphatic carbocycles. The first-order valence-electron chi connectivity index (χ1n) is 7.09. The summed E-state index contributed by atoms with van der Waals surface area (Å²) in [5.41, 5.74) is 1.70. The van der Waals surface area contributed by atoms with Gasteiger partial charge in [0.25, 0.3) is 0 Å². The monoisotopic (exact) mass is 270 g/mol. The number of aromatic nitrogens is 2. The van der Waals surface area contributed by atoms with E-state index in [1.54, 1.807) is 10.9 Å². The molecule has 3 rings (SSSR count). The van der Waals surface area contributed by atoms with Gasteiger partial charge >= 0.3 is 0 Å². The molecule has 2 heterocycles. The molecule has 1 aliphatic rings. The zero-order valence-corrected chi connectivity index (χ0v) is 11.6. The molecule has 4 heteroatoms. The molecule has 1 aromatic carbocycles. The maximum absolute atomic E-state index is 12.8. The predicted molar refractivity (Wildman–Crippen MR) is 76.1 cm³/mol. The lowest BCUT2D eigenvalue weighted by atomic mass is 9.88. The van der Waals surface area contributed by atoms with Crippen LogP contribution >= 0.6 is 0 Å². The highest BCUT2D eigenvalue weighted by Gasteiger charge is 2.29. The van der Waals surface area contributed by atoms with Crippen LogP contribution in [-0.4, -0.2) is 22.2 Å². The second-order valence-corrected chi connectivity index (χ2v) is 5.03. The van der Waals surface area contributed by atoms with Crippen LogP contribution in [0.25, 0.3) is 0 Å². The fraction of sp³-hybridized carbons (Fsp3) is 0.375. The van der Waals surface area contributed by atoms with Gasteiger partial charge in [-0.05, 0) is 25.0 Å². The number of benzene rings is 1. The number of ether oxygens (including phenoxy) is 1. The number of hydrogen-bond acceptors (Lipinski definition) is 3. The Labute approximate surface area is 118 Å². The van der Waals surface area contributed by atoms with Crippen LogP contribution in [0.2, 0.25) is 0 Å². The van der Waals surface area contributed by atoms with E-state index in [1.807, 2.05) is 30.3 Å². The van der Waals surface area contributed by atoms with Crippen molar-refractivity contribution in [2.75, 3.05) is 6.61 Å². The van der Waals surface area contributed by atoms with Gasteiger partial charge in [0.1, 0.15) is 11.4 Å². The van der Waals surface area contributed by atoms with Gasteiger partial charge in [-0.15, -0.1) is 0 Å². The van der Waals surface area contributed by atoms with Crippen molar-refractivity contribution in [2.45, 2.75) is 32.2 Å². The summed E-state index contributed by atoms with van der Waals surface area (Å²) in [4.78, 5) is 12.8. The van der Waals surface area contributed by atoms with Crippen molar-refractivity contribution in [3.63, 3.8) is 0 Å². The zero-order chi connectivity index (χ0) is 13.9. The molecular weight excluding hydrogens is 252 g/mol. The molecule has 1 aliphatic heterocycles. The number of ketones is 1. The fourth-order valence-corrected chi connectivity index (χ4v) is 2.72. The number of carbonyl (C=O) groups excluding carboxylic acids is 1. The quantitative estimate of drug-likeness (QED) is 0.802. The fourth-order valence-electron chi connectivity index (χ4n) is 2.72. The van der Waals surface area contributed by atoms with Crippen molar-refractivity contribution in [1.29, 1.82) is 0 Å². The van der Waals surface area contributed by atoms with E-state index in [-0.39, 0.29) is 11.7 Å². The molecule has 0 bridgehead atoms. The van der Waals surface area contributed by atoms with Gasteiger partial charge in [0, 0.05) is 18.3 Å². The van der Waals surface area contributed by atoms with Crippen molar-refractivity contribution in [3.8, 4) is 5.75 Å². The van der Waals surface area contributed by atoms with E-state index in [2.05, 4.69) is 12.0 Å². The summed E-state index contributed by atoms with van der Waals surface area (Å²) < 4.78 is 7.43. The van der Waals surface area contributed by atoms with Crippen LogP contribution in [0.5, 0.6) is 5.75 Å². The summed E-state index contributed by atoms with van der Waals surface area (Å²) in [6.07, 6.45) is 3.40. The number of carbonyl (C=O) groups is 1. The highest BCUT2D eigenvalue weighted by molar-refractivity contribution is 6.00. The normalized spacial score (nSPS) is 17.4. The third-order valence-corrected chi connectivity index (χ3v) is 3.68. The third-order valence-electron chi connectivity index (χ3n) is 3.68. The zero-order valence-electron chi connectivity index (χ0n) is 11.6. The summed E-state index contributed by atoms with van der Waals surface area (Å²) in [5.74, 6) is 0.859. The van der Waals surface area contributed by atoms with Crippen LogP contribution in [0.1, 0.15) is 41.7 Å². The van der Waals surface area contributed by atoms with Crippen molar-refractivity contribution in [1.82, 2.24) is 9.78 Å². The van der Waals surface area contributed by atoms with E-state index in [0.29, 0.717) is 12.3 Å². The average Bonchev–Trinajstić information content (AvgIpc) is 2.94. The van der Waals surface area contributed by atoms with E-state index in [4.69, 9.17) is 4.74 Å². The Morgan fingerprint density at radius 1 is 1.40 bits per heavy atom. The Kier molecular flexibility index (Phi) is 3.54. The van der Waals surface area contributed by atoms with Crippen LogP contribution in [0, 0.1) is 0 Å². The minimum absolute atomic E-state index is 0.118. The van der Waals surface area contributed by atoms with Gasteiger partial charge in [-0.2, -0.15) is 5.10 Å². The largest absolute Gasteiger partial charge is 0.493 e. The Hall–Kier alpha value is -2.10. The molecule has 0 saturated carbocycles. The lowest BCUT2D eigenvalue weighted by molar-refractivity contribution is 0.0922. The minimum atomic E-state index is -0.118. The molecule has 0 N–H and O–H groups in total. The number of aryl methyl sites for hydroxylation is 1. The smallest absolute Gasteiger partial charge is 0.188 e. The molecule has 0 spiro atoms. The lowest BCUT2D eigenvalue weighted by Gasteiger charge is -2.24. The Balaban J connectivity index is 1.94. The molecule has 2 aromatic rings. The number of hydrogen-bond donors (Lipinski definition) is 0. The first-order chi connectivity index (χ1) is 9.81. The van der Waals surface area contributed by atoms with Crippen molar-refractivity contribution in [2.24, 2.45) is 0 Å². The Morgan fingerprint density at radius 2 is 2.25 bits per heavy atom. The van der Waals surface area contributed by atoms with Crippen molar-refractivity contribution < 1.29 is 9.53 Å². The van der Waals surface area contributed by atoms with Crippen LogP contribution in [0.15, 0.2) is 36.5 Å². The van der Waals surface area contributed by atoms with Gasteiger partial charge < -0.3 is 4.74 Å². The predicted octanol–water partition coefficient (Wildman–Crippen LogP) is 3.04. The molecule has 0 amide bonds. The van der Waals surface area contributed by atoms with Crippen molar-refractivity contribution >= 4 is 5.78 Å². The second kappa shape index (κ2) is 5.49. The summed E-state index contributed by atoms with van der Waals surface area (Å²) in [7, 11) is 0. The number of para-hydroxylation sites is 1. The summed E-state index contributed by atoms with van der Waals surface area (Å²) in [6.45, 7) is 3.45. The van der Waals surface area contributed by atoms with Crippen LogP contribution < -0.4 is 4.74 Å².